The van der Waals surface area contributed by atoms with E-state index in [9.17, 15) is 9.90 Å². The first-order chi connectivity index (χ1) is 6.99. The van der Waals surface area contributed by atoms with Crippen LogP contribution in [0, 0.1) is 5.41 Å². The molecule has 0 amide bonds. The maximum absolute atomic E-state index is 10.5. The predicted octanol–water partition coefficient (Wildman–Crippen LogP) is 1.24. The molecule has 15 heavy (non-hydrogen) atoms. The minimum atomic E-state index is -0.794. The largest absolute Gasteiger partial charge is 0.481 e. The van der Waals surface area contributed by atoms with Gasteiger partial charge in [0.15, 0.2) is 0 Å². The molecule has 0 aromatic heterocycles. The second-order valence-electron chi connectivity index (χ2n) is 4.25. The molecule has 0 fully saturated rings. The molecule has 90 valence electrons. The van der Waals surface area contributed by atoms with Crippen molar-refractivity contribution in [1.82, 2.24) is 5.32 Å². The number of aliphatic carboxylic acids is 1. The third kappa shape index (κ3) is 5.14. The highest BCUT2D eigenvalue weighted by atomic mass is 16.4. The molecule has 0 radical (unpaired) electrons. The molecule has 3 N–H and O–H groups in total. The lowest BCUT2D eigenvalue weighted by atomic mass is 9.83. The summed E-state index contributed by atoms with van der Waals surface area (Å²) in [7, 11) is 0. The van der Waals surface area contributed by atoms with Gasteiger partial charge in [0.2, 0.25) is 0 Å². The fourth-order valence-electron chi connectivity index (χ4n) is 1.50. The molecular weight excluding hydrogens is 194 g/mol. The number of nitrogens with one attached hydrogen (secondary N) is 1. The van der Waals surface area contributed by atoms with Gasteiger partial charge in [0.25, 0.3) is 0 Å². The Morgan fingerprint density at radius 2 is 1.93 bits per heavy atom. The summed E-state index contributed by atoms with van der Waals surface area (Å²) < 4.78 is 0. The average molecular weight is 217 g/mol. The number of carboxylic acids is 1. The third-order valence-electron chi connectivity index (χ3n) is 3.14. The molecule has 0 heterocycles. The van der Waals surface area contributed by atoms with Gasteiger partial charge >= 0.3 is 5.97 Å². The summed E-state index contributed by atoms with van der Waals surface area (Å²) in [6.45, 7) is 6.76. The van der Waals surface area contributed by atoms with Gasteiger partial charge in [-0.1, -0.05) is 13.8 Å². The molecule has 0 saturated heterocycles. The quantitative estimate of drug-likeness (QED) is 0.572. The van der Waals surface area contributed by atoms with Crippen molar-refractivity contribution in [2.24, 2.45) is 5.41 Å². The van der Waals surface area contributed by atoms with Crippen molar-refractivity contribution in [2.75, 3.05) is 13.2 Å². The first-order valence-electron chi connectivity index (χ1n) is 5.55. The van der Waals surface area contributed by atoms with Gasteiger partial charge in [-0.2, -0.15) is 0 Å². The van der Waals surface area contributed by atoms with E-state index in [0.29, 0.717) is 6.54 Å². The molecule has 0 aliphatic heterocycles. The number of carboxylic acid groups (broad SMARTS) is 1. The van der Waals surface area contributed by atoms with E-state index in [1.54, 1.807) is 0 Å². The monoisotopic (exact) mass is 217 g/mol. The van der Waals surface area contributed by atoms with E-state index in [0.717, 1.165) is 12.8 Å². The van der Waals surface area contributed by atoms with E-state index in [1.165, 1.54) is 0 Å². The lowest BCUT2D eigenvalue weighted by molar-refractivity contribution is -0.137. The van der Waals surface area contributed by atoms with Gasteiger partial charge in [0.1, 0.15) is 0 Å². The summed E-state index contributed by atoms with van der Waals surface area (Å²) >= 11 is 0. The Morgan fingerprint density at radius 1 is 1.40 bits per heavy atom. The lowest BCUT2D eigenvalue weighted by Gasteiger charge is -2.31. The van der Waals surface area contributed by atoms with E-state index in [2.05, 4.69) is 5.32 Å². The molecule has 0 saturated carbocycles. The van der Waals surface area contributed by atoms with Crippen LogP contribution in [-0.2, 0) is 4.79 Å². The second kappa shape index (κ2) is 6.80. The van der Waals surface area contributed by atoms with Crippen LogP contribution in [0.3, 0.4) is 0 Å². The number of hydrogen-bond donors (Lipinski definition) is 3. The summed E-state index contributed by atoms with van der Waals surface area (Å²) in [5, 5.41) is 21.1. The molecule has 0 aliphatic rings. The van der Waals surface area contributed by atoms with Crippen molar-refractivity contribution in [1.29, 1.82) is 0 Å². The van der Waals surface area contributed by atoms with Crippen molar-refractivity contribution < 1.29 is 15.0 Å². The highest BCUT2D eigenvalue weighted by Crippen LogP contribution is 2.24. The molecule has 0 aromatic carbocycles. The molecule has 0 aliphatic carbocycles. The molecule has 1 atom stereocenters. The minimum Gasteiger partial charge on any atom is -0.481 e. The summed E-state index contributed by atoms with van der Waals surface area (Å²) in [6.07, 6.45) is 1.91. The lowest BCUT2D eigenvalue weighted by Crippen LogP contribution is -2.41. The number of aliphatic hydroxyl groups excluding tert-OH is 1. The van der Waals surface area contributed by atoms with Gasteiger partial charge in [0.05, 0.1) is 6.42 Å². The Hall–Kier alpha value is -0.610. The third-order valence-corrected chi connectivity index (χ3v) is 3.14. The Labute approximate surface area is 91.7 Å². The predicted molar refractivity (Wildman–Crippen MR) is 59.8 cm³/mol. The van der Waals surface area contributed by atoms with E-state index < -0.39 is 5.97 Å². The van der Waals surface area contributed by atoms with Crippen molar-refractivity contribution >= 4 is 5.97 Å². The van der Waals surface area contributed by atoms with Gasteiger partial charge in [-0.3, -0.25) is 4.79 Å². The van der Waals surface area contributed by atoms with Crippen LogP contribution in [0.25, 0.3) is 0 Å². The Bertz CT molecular complexity index is 182. The summed E-state index contributed by atoms with van der Waals surface area (Å²) in [4.78, 5) is 10.5. The van der Waals surface area contributed by atoms with Crippen molar-refractivity contribution in [3.63, 3.8) is 0 Å². The Balaban J connectivity index is 4.04. The van der Waals surface area contributed by atoms with Crippen LogP contribution in [0.5, 0.6) is 0 Å². The van der Waals surface area contributed by atoms with Gasteiger partial charge < -0.3 is 15.5 Å². The van der Waals surface area contributed by atoms with Crippen molar-refractivity contribution in [2.45, 2.75) is 46.1 Å². The zero-order valence-corrected chi connectivity index (χ0v) is 9.92. The van der Waals surface area contributed by atoms with Crippen LogP contribution < -0.4 is 5.32 Å². The van der Waals surface area contributed by atoms with Gasteiger partial charge in [-0.25, -0.2) is 0 Å². The van der Waals surface area contributed by atoms with Crippen molar-refractivity contribution in [3.8, 4) is 0 Å². The molecule has 4 nitrogen and oxygen atoms in total. The van der Waals surface area contributed by atoms with Crippen LogP contribution in [-0.4, -0.2) is 35.4 Å². The highest BCUT2D eigenvalue weighted by Gasteiger charge is 2.25. The van der Waals surface area contributed by atoms with Crippen LogP contribution in [0.4, 0.5) is 0 Å². The van der Waals surface area contributed by atoms with Gasteiger partial charge in [0, 0.05) is 24.6 Å². The fourth-order valence-corrected chi connectivity index (χ4v) is 1.50. The molecule has 1 unspecified atom stereocenters. The number of carbonyl (C=O) groups is 1. The van der Waals surface area contributed by atoms with Crippen LogP contribution >= 0.6 is 0 Å². The zero-order valence-electron chi connectivity index (χ0n) is 9.92. The molecule has 4 heteroatoms. The number of hydrogen-bond acceptors (Lipinski definition) is 3. The van der Waals surface area contributed by atoms with Gasteiger partial charge in [-0.05, 0) is 19.8 Å². The number of aliphatic hydroxyl groups is 1. The minimum absolute atomic E-state index is 0.0495. The normalized spacial score (nSPS) is 13.9. The first kappa shape index (κ1) is 14.4. The Kier molecular flexibility index (Phi) is 6.52. The van der Waals surface area contributed by atoms with E-state index >= 15 is 0 Å². The van der Waals surface area contributed by atoms with Gasteiger partial charge in [-0.15, -0.1) is 0 Å². The summed E-state index contributed by atoms with van der Waals surface area (Å²) in [6, 6.07) is -0.0495. The summed E-state index contributed by atoms with van der Waals surface area (Å²) in [5.74, 6) is -0.794. The maximum atomic E-state index is 10.5. The van der Waals surface area contributed by atoms with Crippen LogP contribution in [0.1, 0.15) is 40.0 Å². The first-order valence-corrected chi connectivity index (χ1v) is 5.55. The van der Waals surface area contributed by atoms with Crippen LogP contribution in [0.2, 0.25) is 0 Å². The molecule has 0 bridgehead atoms. The topological polar surface area (TPSA) is 69.6 Å². The fraction of sp³-hybridized carbons (Fsp3) is 0.909. The molecule has 0 rings (SSSR count). The second-order valence-corrected chi connectivity index (χ2v) is 4.25. The maximum Gasteiger partial charge on any atom is 0.304 e. The SMILES string of the molecule is CCC(CC)(CO)CNC(C)CC(=O)O. The van der Waals surface area contributed by atoms with E-state index in [4.69, 9.17) is 5.11 Å². The molecule has 0 aromatic rings. The summed E-state index contributed by atoms with van der Waals surface area (Å²) in [5.41, 5.74) is -0.104. The smallest absolute Gasteiger partial charge is 0.304 e. The molecule has 0 spiro atoms. The number of rotatable bonds is 8. The van der Waals surface area contributed by atoms with E-state index in [1.807, 2.05) is 20.8 Å². The molecular formula is C11H23NO3. The zero-order chi connectivity index (χ0) is 11.9. The average Bonchev–Trinajstić information content (AvgIpc) is 2.20. The van der Waals surface area contributed by atoms with Crippen molar-refractivity contribution in [3.05, 3.63) is 0 Å². The highest BCUT2D eigenvalue weighted by molar-refractivity contribution is 5.67. The Morgan fingerprint density at radius 3 is 2.27 bits per heavy atom. The van der Waals surface area contributed by atoms with Crippen LogP contribution in [0.15, 0.2) is 0 Å². The standard InChI is InChI=1S/C11H23NO3/c1-4-11(5-2,8-13)7-12-9(3)6-10(14)15/h9,12-13H,4-8H2,1-3H3,(H,14,15). The van der Waals surface area contributed by atoms with E-state index in [-0.39, 0.29) is 24.5 Å².